The number of hydrogen-bond donors (Lipinski definition) is 3. The first-order chi connectivity index (χ1) is 17.8. The van der Waals surface area contributed by atoms with Crippen LogP contribution in [0.1, 0.15) is 16.7 Å². The number of halogens is 1. The molecule has 3 N–H and O–H groups in total. The molecule has 1 amide bonds. The van der Waals surface area contributed by atoms with Crippen LogP contribution in [0.15, 0.2) is 114 Å². The van der Waals surface area contributed by atoms with Crippen LogP contribution in [0.3, 0.4) is 0 Å². The molecule has 0 unspecified atom stereocenters. The van der Waals surface area contributed by atoms with E-state index in [1.807, 2.05) is 60.7 Å². The quantitative estimate of drug-likeness (QED) is 0.339. The van der Waals surface area contributed by atoms with Crippen molar-refractivity contribution in [2.24, 2.45) is 0 Å². The highest BCUT2D eigenvalue weighted by atomic mass is 32.2. The van der Waals surface area contributed by atoms with Crippen molar-refractivity contribution in [1.29, 1.82) is 5.41 Å². The average molecular weight is 515 g/mol. The zero-order valence-electron chi connectivity index (χ0n) is 19.6. The van der Waals surface area contributed by atoms with Gasteiger partial charge in [-0.25, -0.2) is 12.8 Å². The summed E-state index contributed by atoms with van der Waals surface area (Å²) in [5.41, 5.74) is 1.00. The molecule has 0 aliphatic carbocycles. The smallest absolute Gasteiger partial charge is 0.264 e. The fraction of sp³-hybridized carbons (Fsp3) is 0.0714. The molecule has 9 heteroatoms. The molecule has 0 atom stereocenters. The molecular weight excluding hydrogens is 491 g/mol. The van der Waals surface area contributed by atoms with E-state index in [0.29, 0.717) is 16.7 Å². The summed E-state index contributed by atoms with van der Waals surface area (Å²) in [5, 5.41) is 11.7. The minimum absolute atomic E-state index is 0.0433. The second-order valence-electron chi connectivity index (χ2n) is 8.61. The predicted octanol–water partition coefficient (Wildman–Crippen LogP) is 4.44. The lowest BCUT2D eigenvalue weighted by Gasteiger charge is -2.28. The molecule has 7 nitrogen and oxygen atoms in total. The van der Waals surface area contributed by atoms with E-state index in [1.165, 1.54) is 23.1 Å². The Labute approximate surface area is 214 Å². The van der Waals surface area contributed by atoms with E-state index in [-0.39, 0.29) is 29.0 Å². The molecule has 0 saturated carbocycles. The highest BCUT2D eigenvalue weighted by Gasteiger charge is 2.52. The van der Waals surface area contributed by atoms with Crippen molar-refractivity contribution in [2.75, 3.05) is 4.72 Å². The number of anilines is 1. The molecule has 186 valence electrons. The van der Waals surface area contributed by atoms with Crippen LogP contribution >= 0.6 is 0 Å². The van der Waals surface area contributed by atoms with Gasteiger partial charge in [0.1, 0.15) is 5.82 Å². The number of carbonyl (C=O) groups is 1. The second kappa shape index (κ2) is 9.51. The topological polar surface area (TPSA) is 102 Å². The van der Waals surface area contributed by atoms with Crippen molar-refractivity contribution >= 4 is 27.6 Å². The fourth-order valence-electron chi connectivity index (χ4n) is 4.45. The van der Waals surface area contributed by atoms with Crippen molar-refractivity contribution in [3.63, 3.8) is 0 Å². The Balaban J connectivity index is 1.44. The molecule has 4 aromatic rings. The maximum Gasteiger partial charge on any atom is 0.264 e. The molecule has 1 fully saturated rings. The molecule has 37 heavy (non-hydrogen) atoms. The van der Waals surface area contributed by atoms with E-state index < -0.39 is 21.4 Å². The van der Waals surface area contributed by atoms with Crippen molar-refractivity contribution in [1.82, 2.24) is 10.2 Å². The summed E-state index contributed by atoms with van der Waals surface area (Å²) in [4.78, 5) is 15.1. The third kappa shape index (κ3) is 4.56. The number of nitrogens with zero attached hydrogens (tertiary/aromatic N) is 1. The van der Waals surface area contributed by atoms with Gasteiger partial charge in [0.2, 0.25) is 0 Å². The van der Waals surface area contributed by atoms with Gasteiger partial charge in [0.05, 0.1) is 11.4 Å². The third-order valence-electron chi connectivity index (χ3n) is 6.18. The lowest BCUT2D eigenvalue weighted by Crippen LogP contribution is -2.45. The summed E-state index contributed by atoms with van der Waals surface area (Å²) < 4.78 is 41.5. The van der Waals surface area contributed by atoms with E-state index in [1.54, 1.807) is 24.3 Å². The zero-order chi connectivity index (χ0) is 26.0. The van der Waals surface area contributed by atoms with Gasteiger partial charge in [0, 0.05) is 5.69 Å². The molecule has 1 aliphatic rings. The number of benzene rings is 4. The normalized spacial score (nSPS) is 14.9. The van der Waals surface area contributed by atoms with E-state index in [9.17, 15) is 17.6 Å². The standard InChI is InChI=1S/C28H23FN4O3S/c29-23-14-8-16-25(18-23)37(35,36)32-24-15-7-9-20(17-24)19-33-26(34)28(31-27(33)30,21-10-3-1-4-11-21)22-12-5-2-6-13-22/h1-18,32H,19H2,(H2,30,31). The SMILES string of the molecule is N=C1NC(c2ccccc2)(c2ccccc2)C(=O)N1Cc1cccc(NS(=O)(=O)c2cccc(F)c2)c1. The lowest BCUT2D eigenvalue weighted by atomic mass is 9.82. The molecule has 0 radical (unpaired) electrons. The number of carbonyl (C=O) groups excluding carboxylic acids is 1. The average Bonchev–Trinajstić information content (AvgIpc) is 3.15. The zero-order valence-corrected chi connectivity index (χ0v) is 20.4. The highest BCUT2D eigenvalue weighted by molar-refractivity contribution is 7.92. The summed E-state index contributed by atoms with van der Waals surface area (Å²) in [5.74, 6) is -1.04. The van der Waals surface area contributed by atoms with E-state index >= 15 is 0 Å². The monoisotopic (exact) mass is 514 g/mol. The number of rotatable bonds is 7. The van der Waals surface area contributed by atoms with Gasteiger partial charge in [-0.1, -0.05) is 78.9 Å². The van der Waals surface area contributed by atoms with Crippen molar-refractivity contribution in [3.05, 3.63) is 132 Å². The van der Waals surface area contributed by atoms with Gasteiger partial charge in [-0.05, 0) is 47.0 Å². The molecule has 5 rings (SSSR count). The van der Waals surface area contributed by atoms with Gasteiger partial charge in [0.15, 0.2) is 11.5 Å². The minimum Gasteiger partial charge on any atom is -0.334 e. The number of hydrogen-bond acceptors (Lipinski definition) is 4. The highest BCUT2D eigenvalue weighted by Crippen LogP contribution is 2.36. The minimum atomic E-state index is -4.02. The number of nitrogens with one attached hydrogen (secondary N) is 3. The van der Waals surface area contributed by atoms with Gasteiger partial charge in [0.25, 0.3) is 15.9 Å². The summed E-state index contributed by atoms with van der Waals surface area (Å²) in [6.07, 6.45) is 0. The van der Waals surface area contributed by atoms with Gasteiger partial charge >= 0.3 is 0 Å². The van der Waals surface area contributed by atoms with Gasteiger partial charge in [-0.15, -0.1) is 0 Å². The Hall–Kier alpha value is -4.50. The molecule has 4 aromatic carbocycles. The van der Waals surface area contributed by atoms with Crippen LogP contribution in [-0.4, -0.2) is 25.2 Å². The van der Waals surface area contributed by atoms with Crippen LogP contribution in [-0.2, 0) is 26.9 Å². The largest absolute Gasteiger partial charge is 0.334 e. The molecule has 0 bridgehead atoms. The Morgan fingerprint density at radius 2 is 1.46 bits per heavy atom. The van der Waals surface area contributed by atoms with Crippen LogP contribution in [0.2, 0.25) is 0 Å². The maximum absolute atomic E-state index is 13.9. The second-order valence-corrected chi connectivity index (χ2v) is 10.3. The van der Waals surface area contributed by atoms with Crippen LogP contribution in [0.25, 0.3) is 0 Å². The molecule has 1 aliphatic heterocycles. The van der Waals surface area contributed by atoms with Crippen LogP contribution < -0.4 is 10.0 Å². The summed E-state index contributed by atoms with van der Waals surface area (Å²) >= 11 is 0. The number of amides is 1. The Kier molecular flexibility index (Phi) is 6.22. The summed E-state index contributed by atoms with van der Waals surface area (Å²) in [6.45, 7) is 0.0433. The maximum atomic E-state index is 13.9. The van der Waals surface area contributed by atoms with Gasteiger partial charge < -0.3 is 5.32 Å². The Morgan fingerprint density at radius 3 is 2.08 bits per heavy atom. The van der Waals surface area contributed by atoms with E-state index in [2.05, 4.69) is 10.0 Å². The number of guanidine groups is 1. The van der Waals surface area contributed by atoms with Crippen LogP contribution in [0, 0.1) is 11.2 Å². The van der Waals surface area contributed by atoms with E-state index in [4.69, 9.17) is 5.41 Å². The predicted molar refractivity (Wildman–Crippen MR) is 139 cm³/mol. The first-order valence-electron chi connectivity index (χ1n) is 11.5. The first kappa shape index (κ1) is 24.2. The number of sulfonamides is 1. The molecule has 1 saturated heterocycles. The molecular formula is C28H23FN4O3S. The fourth-order valence-corrected chi connectivity index (χ4v) is 5.53. The summed E-state index contributed by atoms with van der Waals surface area (Å²) in [6, 6.07) is 29.7. The van der Waals surface area contributed by atoms with Gasteiger partial charge in [-0.3, -0.25) is 19.8 Å². The van der Waals surface area contributed by atoms with Crippen molar-refractivity contribution < 1.29 is 17.6 Å². The molecule has 0 spiro atoms. The molecule has 1 heterocycles. The Morgan fingerprint density at radius 1 is 0.838 bits per heavy atom. The van der Waals surface area contributed by atoms with Crippen molar-refractivity contribution in [2.45, 2.75) is 17.0 Å². The van der Waals surface area contributed by atoms with Gasteiger partial charge in [-0.2, -0.15) is 0 Å². The Bertz CT molecular complexity index is 1540. The van der Waals surface area contributed by atoms with Crippen molar-refractivity contribution in [3.8, 4) is 0 Å². The van der Waals surface area contributed by atoms with Crippen LogP contribution in [0.4, 0.5) is 10.1 Å². The van der Waals surface area contributed by atoms with E-state index in [0.717, 1.165) is 6.07 Å². The third-order valence-corrected chi connectivity index (χ3v) is 7.56. The van der Waals surface area contributed by atoms with Crippen LogP contribution in [0.5, 0.6) is 0 Å². The molecule has 0 aromatic heterocycles. The summed E-state index contributed by atoms with van der Waals surface area (Å²) in [7, 11) is -4.02. The first-order valence-corrected chi connectivity index (χ1v) is 12.9. The lowest BCUT2D eigenvalue weighted by molar-refractivity contribution is -0.130.